The van der Waals surface area contributed by atoms with Crippen LogP contribution in [0.2, 0.25) is 0 Å². The molecule has 0 fully saturated rings. The lowest BCUT2D eigenvalue weighted by atomic mass is 9.81. The van der Waals surface area contributed by atoms with Gasteiger partial charge in [-0.15, -0.1) is 24.8 Å². The van der Waals surface area contributed by atoms with E-state index < -0.39 is 5.41 Å². The molecule has 0 heterocycles. The lowest BCUT2D eigenvalue weighted by Crippen LogP contribution is -2.45. The number of hydrogen-bond acceptors (Lipinski definition) is 4. The maximum atomic E-state index is 12.4. The van der Waals surface area contributed by atoms with Gasteiger partial charge in [0.1, 0.15) is 12.4 Å². The molecule has 0 aliphatic rings. The van der Waals surface area contributed by atoms with Crippen LogP contribution in [0.4, 0.5) is 0 Å². The summed E-state index contributed by atoms with van der Waals surface area (Å²) >= 11 is 0. The molecule has 0 aromatic heterocycles. The largest absolute Gasteiger partial charge is 0.492 e. The number of carbonyl (C=O) groups is 1. The first-order valence-corrected chi connectivity index (χ1v) is 8.32. The Morgan fingerprint density at radius 1 is 1.24 bits per heavy atom. The van der Waals surface area contributed by atoms with E-state index in [2.05, 4.69) is 10.2 Å². The predicted octanol–water partition coefficient (Wildman–Crippen LogP) is 2.85. The Kier molecular flexibility index (Phi) is 13.9. The number of likely N-dealkylation sites (N-methyl/N-ethyl adjacent to an activating group) is 1. The Morgan fingerprint density at radius 3 is 2.40 bits per heavy atom. The van der Waals surface area contributed by atoms with E-state index in [9.17, 15) is 4.79 Å². The van der Waals surface area contributed by atoms with Crippen molar-refractivity contribution in [1.82, 2.24) is 10.2 Å². The number of carbonyl (C=O) groups excluding carboxylic acids is 1. The molecule has 0 saturated carbocycles. The van der Waals surface area contributed by atoms with Gasteiger partial charge in [-0.1, -0.05) is 26.0 Å². The average Bonchev–Trinajstić information content (AvgIpc) is 2.55. The van der Waals surface area contributed by atoms with Crippen LogP contribution in [0.25, 0.3) is 0 Å². The summed E-state index contributed by atoms with van der Waals surface area (Å²) in [6.07, 6.45) is 1.50. The van der Waals surface area contributed by atoms with Crippen LogP contribution in [-0.2, 0) is 11.3 Å². The Labute approximate surface area is 164 Å². The van der Waals surface area contributed by atoms with Crippen LogP contribution >= 0.6 is 24.8 Å². The fourth-order valence-electron chi connectivity index (χ4n) is 2.41. The van der Waals surface area contributed by atoms with E-state index in [0.717, 1.165) is 30.7 Å². The maximum Gasteiger partial charge on any atom is 0.227 e. The molecule has 0 unspecified atom stereocenters. The second kappa shape index (κ2) is 13.2. The van der Waals surface area contributed by atoms with Gasteiger partial charge < -0.3 is 20.7 Å². The van der Waals surface area contributed by atoms with E-state index in [-0.39, 0.29) is 30.7 Å². The molecule has 0 saturated heterocycles. The highest BCUT2D eigenvalue weighted by molar-refractivity contribution is 5.85. The van der Waals surface area contributed by atoms with Crippen molar-refractivity contribution in [2.45, 2.75) is 33.2 Å². The van der Waals surface area contributed by atoms with Crippen molar-refractivity contribution in [3.63, 3.8) is 0 Å². The average molecular weight is 394 g/mol. The molecule has 0 atom stereocenters. The fourth-order valence-corrected chi connectivity index (χ4v) is 2.41. The third-order valence-corrected chi connectivity index (χ3v) is 4.38. The highest BCUT2D eigenvalue weighted by Gasteiger charge is 2.32. The molecule has 0 radical (unpaired) electrons. The molecule has 1 aromatic carbocycles. The van der Waals surface area contributed by atoms with Crippen molar-refractivity contribution in [2.75, 3.05) is 33.8 Å². The van der Waals surface area contributed by atoms with Crippen LogP contribution in [0.3, 0.4) is 0 Å². The zero-order chi connectivity index (χ0) is 17.3. The summed E-state index contributed by atoms with van der Waals surface area (Å²) in [6.45, 7) is 6.40. The molecule has 0 bridgehead atoms. The lowest BCUT2D eigenvalue weighted by molar-refractivity contribution is -0.131. The van der Waals surface area contributed by atoms with Gasteiger partial charge >= 0.3 is 0 Å². The van der Waals surface area contributed by atoms with Gasteiger partial charge in [-0.3, -0.25) is 4.79 Å². The van der Waals surface area contributed by atoms with Gasteiger partial charge in [0.15, 0.2) is 0 Å². The zero-order valence-corrected chi connectivity index (χ0v) is 17.3. The fraction of sp³-hybridized carbons (Fsp3) is 0.611. The number of rotatable bonds is 10. The summed E-state index contributed by atoms with van der Waals surface area (Å²) in [7, 11) is 4.03. The molecule has 7 heteroatoms. The van der Waals surface area contributed by atoms with Crippen LogP contribution in [0.15, 0.2) is 24.3 Å². The van der Waals surface area contributed by atoms with Crippen molar-refractivity contribution in [3.8, 4) is 5.75 Å². The molecule has 1 amide bonds. The number of amides is 1. The third kappa shape index (κ3) is 8.27. The van der Waals surface area contributed by atoms with Gasteiger partial charge in [0, 0.05) is 19.6 Å². The first-order valence-electron chi connectivity index (χ1n) is 8.32. The molecule has 1 aromatic rings. The van der Waals surface area contributed by atoms with E-state index in [0.29, 0.717) is 19.7 Å². The summed E-state index contributed by atoms with van der Waals surface area (Å²) in [5.74, 6) is 0.860. The summed E-state index contributed by atoms with van der Waals surface area (Å²) in [5, 5.41) is 3.01. The number of benzene rings is 1. The first kappa shape index (κ1) is 26.2. The van der Waals surface area contributed by atoms with E-state index in [1.54, 1.807) is 0 Å². The summed E-state index contributed by atoms with van der Waals surface area (Å²) in [5.41, 5.74) is 6.39. The van der Waals surface area contributed by atoms with E-state index in [4.69, 9.17) is 10.5 Å². The minimum absolute atomic E-state index is 0. The number of nitrogens with one attached hydrogen (secondary N) is 1. The van der Waals surface area contributed by atoms with Crippen molar-refractivity contribution >= 4 is 30.7 Å². The van der Waals surface area contributed by atoms with Gasteiger partial charge in [0.05, 0.1) is 5.41 Å². The normalized spacial score (nSPS) is 10.6. The Morgan fingerprint density at radius 2 is 1.88 bits per heavy atom. The van der Waals surface area contributed by atoms with E-state index in [1.165, 1.54) is 0 Å². The number of hydrogen-bond donors (Lipinski definition) is 2. The smallest absolute Gasteiger partial charge is 0.227 e. The van der Waals surface area contributed by atoms with Crippen molar-refractivity contribution in [2.24, 2.45) is 11.1 Å². The summed E-state index contributed by atoms with van der Waals surface area (Å²) in [6, 6.07) is 7.84. The highest BCUT2D eigenvalue weighted by Crippen LogP contribution is 2.25. The van der Waals surface area contributed by atoms with E-state index in [1.807, 2.05) is 52.2 Å². The summed E-state index contributed by atoms with van der Waals surface area (Å²) < 4.78 is 5.72. The molecule has 0 spiro atoms. The number of halogens is 2. The quantitative estimate of drug-likeness (QED) is 0.641. The van der Waals surface area contributed by atoms with Gasteiger partial charge in [-0.2, -0.15) is 0 Å². The zero-order valence-electron chi connectivity index (χ0n) is 15.7. The van der Waals surface area contributed by atoms with Crippen LogP contribution in [0.1, 0.15) is 32.3 Å². The van der Waals surface area contributed by atoms with Crippen molar-refractivity contribution in [1.29, 1.82) is 0 Å². The summed E-state index contributed by atoms with van der Waals surface area (Å²) in [4.78, 5) is 14.5. The SMILES string of the molecule is CCC(CC)(CN)C(=O)NCc1cccc(OCCN(C)C)c1.Cl.Cl. The standard InChI is InChI=1S/C18H31N3O2.2ClH/c1-5-18(6-2,14-19)17(22)20-13-15-8-7-9-16(12-15)23-11-10-21(3)4;;/h7-9,12H,5-6,10-11,13-14,19H2,1-4H3,(H,20,22);2*1H. The molecule has 25 heavy (non-hydrogen) atoms. The van der Waals surface area contributed by atoms with Gasteiger partial charge in [-0.05, 0) is 44.6 Å². The molecule has 5 nitrogen and oxygen atoms in total. The number of nitrogens with zero attached hydrogens (tertiary/aromatic N) is 1. The Hall–Kier alpha value is -1.01. The minimum Gasteiger partial charge on any atom is -0.492 e. The minimum atomic E-state index is -0.459. The molecule has 0 aliphatic carbocycles. The predicted molar refractivity (Wildman–Crippen MR) is 109 cm³/mol. The van der Waals surface area contributed by atoms with Crippen LogP contribution in [0.5, 0.6) is 5.75 Å². The van der Waals surface area contributed by atoms with Crippen molar-refractivity contribution in [3.05, 3.63) is 29.8 Å². The molecular weight excluding hydrogens is 361 g/mol. The molecule has 146 valence electrons. The van der Waals surface area contributed by atoms with Crippen LogP contribution in [-0.4, -0.2) is 44.6 Å². The van der Waals surface area contributed by atoms with E-state index >= 15 is 0 Å². The highest BCUT2D eigenvalue weighted by atomic mass is 35.5. The van der Waals surface area contributed by atoms with Crippen molar-refractivity contribution < 1.29 is 9.53 Å². The first-order chi connectivity index (χ1) is 11.0. The topological polar surface area (TPSA) is 67.6 Å². The third-order valence-electron chi connectivity index (χ3n) is 4.38. The molecule has 3 N–H and O–H groups in total. The Balaban J connectivity index is 0. The van der Waals surface area contributed by atoms with Crippen LogP contribution in [0, 0.1) is 5.41 Å². The monoisotopic (exact) mass is 393 g/mol. The maximum absolute atomic E-state index is 12.4. The molecule has 0 aliphatic heterocycles. The molecular formula is C18H33Cl2N3O2. The number of ether oxygens (including phenoxy) is 1. The molecule has 1 rings (SSSR count). The second-order valence-corrected chi connectivity index (χ2v) is 6.17. The van der Waals surface area contributed by atoms with Gasteiger partial charge in [0.2, 0.25) is 5.91 Å². The second-order valence-electron chi connectivity index (χ2n) is 6.17. The lowest BCUT2D eigenvalue weighted by Gasteiger charge is -2.28. The number of nitrogens with two attached hydrogens (primary N) is 1. The van der Waals surface area contributed by atoms with Crippen LogP contribution < -0.4 is 15.8 Å². The Bertz CT molecular complexity index is 487. The van der Waals surface area contributed by atoms with Gasteiger partial charge in [0.25, 0.3) is 0 Å². The van der Waals surface area contributed by atoms with Gasteiger partial charge in [-0.25, -0.2) is 0 Å².